The number of halogens is 2. The summed E-state index contributed by atoms with van der Waals surface area (Å²) in [5.41, 5.74) is 2.30. The van der Waals surface area contributed by atoms with Crippen molar-refractivity contribution >= 4 is 5.91 Å². The van der Waals surface area contributed by atoms with Crippen molar-refractivity contribution in [2.24, 2.45) is 0 Å². The summed E-state index contributed by atoms with van der Waals surface area (Å²) >= 11 is 0. The molecule has 0 bridgehead atoms. The molecule has 1 atom stereocenters. The highest BCUT2D eigenvalue weighted by atomic mass is 19.1. The van der Waals surface area contributed by atoms with Crippen LogP contribution in [0.4, 0.5) is 8.78 Å². The summed E-state index contributed by atoms with van der Waals surface area (Å²) in [6.07, 6.45) is 3.75. The molecule has 6 heteroatoms. The molecule has 4 rings (SSSR count). The van der Waals surface area contributed by atoms with Crippen molar-refractivity contribution in [2.45, 2.75) is 12.5 Å². The maximum absolute atomic E-state index is 13.7. The van der Waals surface area contributed by atoms with Crippen molar-refractivity contribution in [3.05, 3.63) is 83.7 Å². The first kappa shape index (κ1) is 17.1. The second-order valence-electron chi connectivity index (χ2n) is 6.29. The molecule has 0 spiro atoms. The third kappa shape index (κ3) is 3.38. The molecule has 0 unspecified atom stereocenters. The lowest BCUT2D eigenvalue weighted by atomic mass is 10.0. The highest BCUT2D eigenvalue weighted by Crippen LogP contribution is 2.38. The smallest absolute Gasteiger partial charge is 0.257 e. The van der Waals surface area contributed by atoms with E-state index in [1.165, 1.54) is 6.07 Å². The van der Waals surface area contributed by atoms with Gasteiger partial charge < -0.3 is 10.1 Å². The van der Waals surface area contributed by atoms with Gasteiger partial charge in [-0.2, -0.15) is 0 Å². The van der Waals surface area contributed by atoms with Gasteiger partial charge in [0.25, 0.3) is 5.91 Å². The Morgan fingerprint density at radius 1 is 1.11 bits per heavy atom. The average Bonchev–Trinajstić information content (AvgIpc) is 3.10. The Morgan fingerprint density at radius 3 is 2.63 bits per heavy atom. The molecule has 0 radical (unpaired) electrons. The maximum Gasteiger partial charge on any atom is 0.257 e. The van der Waals surface area contributed by atoms with Crippen molar-refractivity contribution in [1.29, 1.82) is 0 Å². The summed E-state index contributed by atoms with van der Waals surface area (Å²) in [4.78, 5) is 16.3. The highest BCUT2D eigenvalue weighted by molar-refractivity contribution is 5.94. The third-order valence-corrected chi connectivity index (χ3v) is 4.48. The van der Waals surface area contributed by atoms with E-state index in [9.17, 15) is 13.6 Å². The van der Waals surface area contributed by atoms with Gasteiger partial charge in [-0.05, 0) is 23.8 Å². The van der Waals surface area contributed by atoms with Crippen LogP contribution in [-0.4, -0.2) is 23.5 Å². The van der Waals surface area contributed by atoms with Crippen molar-refractivity contribution in [3.63, 3.8) is 0 Å². The lowest BCUT2D eigenvalue weighted by molar-refractivity contribution is 0.0925. The number of hydrogen-bond donors (Lipinski definition) is 1. The Labute approximate surface area is 154 Å². The lowest BCUT2D eigenvalue weighted by Crippen LogP contribution is -2.35. The number of rotatable bonds is 4. The Morgan fingerprint density at radius 2 is 1.89 bits per heavy atom. The third-order valence-electron chi connectivity index (χ3n) is 4.48. The van der Waals surface area contributed by atoms with Crippen LogP contribution in [0.25, 0.3) is 11.1 Å². The van der Waals surface area contributed by atoms with Gasteiger partial charge in [-0.1, -0.05) is 30.3 Å². The number of fused-ring (bicyclic) bond motifs is 1. The summed E-state index contributed by atoms with van der Waals surface area (Å²) in [7, 11) is 0. The molecular formula is C21H16F2N2O2. The van der Waals surface area contributed by atoms with E-state index in [1.807, 2.05) is 30.3 Å². The number of aromatic nitrogens is 1. The lowest BCUT2D eigenvalue weighted by Gasteiger charge is -2.14. The van der Waals surface area contributed by atoms with Crippen LogP contribution in [-0.2, 0) is 6.42 Å². The summed E-state index contributed by atoms with van der Waals surface area (Å²) in [6, 6.07) is 13.0. The maximum atomic E-state index is 13.7. The van der Waals surface area contributed by atoms with Gasteiger partial charge in [0.15, 0.2) is 0 Å². The van der Waals surface area contributed by atoms with Crippen molar-refractivity contribution in [2.75, 3.05) is 6.54 Å². The number of pyridine rings is 1. The molecule has 1 aromatic heterocycles. The van der Waals surface area contributed by atoms with Gasteiger partial charge in [-0.15, -0.1) is 0 Å². The van der Waals surface area contributed by atoms with Crippen molar-refractivity contribution in [1.82, 2.24) is 10.3 Å². The fourth-order valence-electron chi connectivity index (χ4n) is 3.21. The standard InChI is InChI=1S/C21H16F2N2O2/c22-17-7-2-8-18(23)19(17)21(26)25-12-15-10-13-4-1-6-16(20(13)27-15)14-5-3-9-24-11-14/h1-9,11,15H,10,12H2,(H,25,26)/t15-/m0/s1. The number of benzene rings is 2. The number of nitrogens with zero attached hydrogens (tertiary/aromatic N) is 1. The molecule has 0 saturated carbocycles. The fourth-order valence-corrected chi connectivity index (χ4v) is 3.21. The monoisotopic (exact) mass is 366 g/mol. The van der Waals surface area contributed by atoms with Gasteiger partial charge in [-0.3, -0.25) is 9.78 Å². The minimum absolute atomic E-state index is 0.147. The van der Waals surface area contributed by atoms with E-state index in [2.05, 4.69) is 10.3 Å². The van der Waals surface area contributed by atoms with Gasteiger partial charge >= 0.3 is 0 Å². The zero-order valence-electron chi connectivity index (χ0n) is 14.3. The van der Waals surface area contributed by atoms with Crippen LogP contribution in [0.15, 0.2) is 60.9 Å². The molecule has 1 aliphatic heterocycles. The van der Waals surface area contributed by atoms with Crippen LogP contribution in [0.5, 0.6) is 5.75 Å². The van der Waals surface area contributed by atoms with E-state index >= 15 is 0 Å². The fraction of sp³-hybridized carbons (Fsp3) is 0.143. The van der Waals surface area contributed by atoms with E-state index < -0.39 is 23.1 Å². The first-order valence-corrected chi connectivity index (χ1v) is 8.54. The summed E-state index contributed by atoms with van der Waals surface area (Å²) in [5, 5.41) is 2.56. The average molecular weight is 366 g/mol. The topological polar surface area (TPSA) is 51.2 Å². The Hall–Kier alpha value is -3.28. The number of nitrogens with one attached hydrogen (secondary N) is 1. The number of amides is 1. The number of carbonyl (C=O) groups is 1. The molecule has 0 saturated heterocycles. The zero-order valence-corrected chi connectivity index (χ0v) is 14.3. The van der Waals surface area contributed by atoms with Crippen LogP contribution in [0.3, 0.4) is 0 Å². The predicted octanol–water partition coefficient (Wildman–Crippen LogP) is 3.76. The van der Waals surface area contributed by atoms with E-state index in [0.29, 0.717) is 6.42 Å². The summed E-state index contributed by atoms with van der Waals surface area (Å²) in [6.45, 7) is 0.147. The zero-order chi connectivity index (χ0) is 18.8. The van der Waals surface area contributed by atoms with Gasteiger partial charge in [-0.25, -0.2) is 8.78 Å². The molecule has 1 aliphatic rings. The molecule has 1 N–H and O–H groups in total. The molecule has 4 nitrogen and oxygen atoms in total. The van der Waals surface area contributed by atoms with Gasteiger partial charge in [0.05, 0.1) is 6.54 Å². The Balaban J connectivity index is 1.47. The molecule has 27 heavy (non-hydrogen) atoms. The van der Waals surface area contributed by atoms with Crippen LogP contribution in [0.1, 0.15) is 15.9 Å². The Kier molecular flexibility index (Phi) is 4.54. The first-order valence-electron chi connectivity index (χ1n) is 8.54. The molecule has 3 aromatic rings. The molecule has 2 heterocycles. The SMILES string of the molecule is O=C(NC[C@@H]1Cc2cccc(-c3cccnc3)c2O1)c1c(F)cccc1F. The minimum Gasteiger partial charge on any atom is -0.487 e. The van der Waals surface area contributed by atoms with Crippen molar-refractivity contribution in [3.8, 4) is 16.9 Å². The predicted molar refractivity (Wildman–Crippen MR) is 96.5 cm³/mol. The van der Waals surface area contributed by atoms with Crippen LogP contribution in [0.2, 0.25) is 0 Å². The minimum atomic E-state index is -0.887. The quantitative estimate of drug-likeness (QED) is 0.765. The van der Waals surface area contributed by atoms with E-state index in [4.69, 9.17) is 4.74 Å². The summed E-state index contributed by atoms with van der Waals surface area (Å²) < 4.78 is 33.4. The molecule has 136 valence electrons. The second kappa shape index (κ2) is 7.15. The molecular weight excluding hydrogens is 350 g/mol. The normalized spacial score (nSPS) is 15.1. The van der Waals surface area contributed by atoms with Crippen LogP contribution in [0, 0.1) is 11.6 Å². The Bertz CT molecular complexity index is 972. The van der Waals surface area contributed by atoms with Gasteiger partial charge in [0.1, 0.15) is 29.1 Å². The number of hydrogen-bond acceptors (Lipinski definition) is 3. The van der Waals surface area contributed by atoms with Gasteiger partial charge in [0.2, 0.25) is 0 Å². The molecule has 2 aromatic carbocycles. The highest BCUT2D eigenvalue weighted by Gasteiger charge is 2.27. The van der Waals surface area contributed by atoms with E-state index in [0.717, 1.165) is 34.6 Å². The van der Waals surface area contributed by atoms with E-state index in [1.54, 1.807) is 12.4 Å². The largest absolute Gasteiger partial charge is 0.487 e. The van der Waals surface area contributed by atoms with Crippen LogP contribution < -0.4 is 10.1 Å². The molecule has 0 aliphatic carbocycles. The number of para-hydroxylation sites is 1. The van der Waals surface area contributed by atoms with Crippen molar-refractivity contribution < 1.29 is 18.3 Å². The number of carbonyl (C=O) groups excluding carboxylic acids is 1. The van der Waals surface area contributed by atoms with Crippen LogP contribution >= 0.6 is 0 Å². The molecule has 1 amide bonds. The van der Waals surface area contributed by atoms with Gasteiger partial charge in [0, 0.05) is 29.9 Å². The number of ether oxygens (including phenoxy) is 1. The second-order valence-corrected chi connectivity index (χ2v) is 6.29. The molecule has 0 fully saturated rings. The van der Waals surface area contributed by atoms with E-state index in [-0.39, 0.29) is 12.6 Å². The summed E-state index contributed by atoms with van der Waals surface area (Å²) in [5.74, 6) is -1.82. The first-order chi connectivity index (χ1) is 13.1.